The van der Waals surface area contributed by atoms with Gasteiger partial charge in [0, 0.05) is 12.3 Å². The number of nitrogens with zero attached hydrogens (tertiary/aromatic N) is 1. The number of carbonyl (C=O) groups excluding carboxylic acids is 2. The molecule has 0 unspecified atom stereocenters. The van der Waals surface area contributed by atoms with E-state index in [1.807, 2.05) is 20.8 Å². The third-order valence-corrected chi connectivity index (χ3v) is 4.05. The summed E-state index contributed by atoms with van der Waals surface area (Å²) in [5.41, 5.74) is 0.542. The first-order chi connectivity index (χ1) is 12.3. The Balaban J connectivity index is 1.91. The van der Waals surface area contributed by atoms with Crippen molar-refractivity contribution in [1.82, 2.24) is 4.98 Å². The van der Waals surface area contributed by atoms with Crippen molar-refractivity contribution in [2.45, 2.75) is 26.4 Å². The van der Waals surface area contributed by atoms with E-state index in [-0.39, 0.29) is 11.5 Å². The Morgan fingerprint density at radius 2 is 1.96 bits per heavy atom. The van der Waals surface area contributed by atoms with E-state index >= 15 is 0 Å². The summed E-state index contributed by atoms with van der Waals surface area (Å²) in [6.07, 6.45) is 1.42. The number of nitrogens with one attached hydrogen (secondary N) is 1. The molecule has 2 aromatic rings. The number of pyridine rings is 1. The fourth-order valence-corrected chi connectivity index (χ4v) is 2.71. The number of amides is 1. The summed E-state index contributed by atoms with van der Waals surface area (Å²) in [6.45, 7) is 6.72. The quantitative estimate of drug-likeness (QED) is 0.587. The maximum absolute atomic E-state index is 12.3. The molecule has 0 aliphatic rings. The van der Waals surface area contributed by atoms with E-state index in [0.29, 0.717) is 35.2 Å². The van der Waals surface area contributed by atoms with Crippen LogP contribution >= 0.6 is 11.3 Å². The molecule has 0 radical (unpaired) electrons. The van der Waals surface area contributed by atoms with Crippen molar-refractivity contribution >= 4 is 28.9 Å². The highest BCUT2D eigenvalue weighted by Crippen LogP contribution is 2.23. The molecule has 2 rings (SSSR count). The van der Waals surface area contributed by atoms with Gasteiger partial charge in [-0.1, -0.05) is 0 Å². The first-order valence-corrected chi connectivity index (χ1v) is 8.88. The topological polar surface area (TPSA) is 86.8 Å². The highest BCUT2D eigenvalue weighted by Gasteiger charge is 2.16. The van der Waals surface area contributed by atoms with Crippen LogP contribution in [0.5, 0.6) is 5.88 Å². The van der Waals surface area contributed by atoms with Gasteiger partial charge in [0.15, 0.2) is 0 Å². The fourth-order valence-electron chi connectivity index (χ4n) is 1.95. The second kappa shape index (κ2) is 8.77. The Labute approximate surface area is 156 Å². The lowest BCUT2D eigenvalue weighted by Gasteiger charge is -2.19. The molecular formula is C18H22N2O5S. The summed E-state index contributed by atoms with van der Waals surface area (Å²) in [6, 6.07) is 4.86. The lowest BCUT2D eigenvalue weighted by atomic mass is 10.2. The fraction of sp³-hybridized carbons (Fsp3) is 0.389. The van der Waals surface area contributed by atoms with Crippen molar-refractivity contribution in [3.05, 3.63) is 40.2 Å². The summed E-state index contributed by atoms with van der Waals surface area (Å²) in [5, 5.41) is 4.39. The number of hydrogen-bond acceptors (Lipinski definition) is 7. The first kappa shape index (κ1) is 19.9. The van der Waals surface area contributed by atoms with Crippen LogP contribution in [0.15, 0.2) is 29.8 Å². The minimum atomic E-state index is -0.491. The zero-order valence-corrected chi connectivity index (χ0v) is 16.0. The van der Waals surface area contributed by atoms with E-state index in [1.165, 1.54) is 24.6 Å². The summed E-state index contributed by atoms with van der Waals surface area (Å²) in [4.78, 5) is 28.4. The number of ether oxygens (including phenoxy) is 3. The predicted molar refractivity (Wildman–Crippen MR) is 99.0 cm³/mol. The molecule has 26 heavy (non-hydrogen) atoms. The van der Waals surface area contributed by atoms with Crippen LogP contribution in [0.25, 0.3) is 0 Å². The molecule has 8 heteroatoms. The van der Waals surface area contributed by atoms with Crippen LogP contribution in [-0.4, -0.2) is 42.8 Å². The lowest BCUT2D eigenvalue weighted by Crippen LogP contribution is -2.22. The van der Waals surface area contributed by atoms with Crippen LogP contribution in [0, 0.1) is 0 Å². The van der Waals surface area contributed by atoms with Gasteiger partial charge in [-0.25, -0.2) is 9.78 Å². The zero-order valence-electron chi connectivity index (χ0n) is 15.2. The standard InChI is InChI=1S/C18H22N2O5S/c1-18(2,3)25-9-8-24-14-6-5-12(11-19-14)16(21)20-13-7-10-26-15(13)17(22)23-4/h5-7,10-11H,8-9H2,1-4H3,(H,20,21). The van der Waals surface area contributed by atoms with Crippen LogP contribution in [0.3, 0.4) is 0 Å². The van der Waals surface area contributed by atoms with Crippen LogP contribution in [0.4, 0.5) is 5.69 Å². The number of carbonyl (C=O) groups is 2. The van der Waals surface area contributed by atoms with Gasteiger partial charge in [0.2, 0.25) is 5.88 Å². The van der Waals surface area contributed by atoms with Crippen molar-refractivity contribution in [2.75, 3.05) is 25.6 Å². The van der Waals surface area contributed by atoms with Crippen molar-refractivity contribution in [2.24, 2.45) is 0 Å². The molecule has 1 amide bonds. The van der Waals surface area contributed by atoms with E-state index in [9.17, 15) is 9.59 Å². The summed E-state index contributed by atoms with van der Waals surface area (Å²) in [5.74, 6) is -0.455. The van der Waals surface area contributed by atoms with Crippen molar-refractivity contribution in [1.29, 1.82) is 0 Å². The SMILES string of the molecule is COC(=O)c1sccc1NC(=O)c1ccc(OCCOC(C)(C)C)nc1. The Hall–Kier alpha value is -2.45. The second-order valence-electron chi connectivity index (χ2n) is 6.30. The molecule has 0 spiro atoms. The maximum Gasteiger partial charge on any atom is 0.350 e. The molecular weight excluding hydrogens is 356 g/mol. The van der Waals surface area contributed by atoms with Gasteiger partial charge in [-0.15, -0.1) is 11.3 Å². The molecule has 2 heterocycles. The van der Waals surface area contributed by atoms with Gasteiger partial charge in [-0.05, 0) is 38.3 Å². The van der Waals surface area contributed by atoms with E-state index in [1.54, 1.807) is 23.6 Å². The molecule has 2 aromatic heterocycles. The van der Waals surface area contributed by atoms with E-state index < -0.39 is 5.97 Å². The van der Waals surface area contributed by atoms with Gasteiger partial charge in [0.1, 0.15) is 11.5 Å². The van der Waals surface area contributed by atoms with Gasteiger partial charge in [-0.3, -0.25) is 4.79 Å². The normalized spacial score (nSPS) is 11.1. The number of hydrogen-bond donors (Lipinski definition) is 1. The van der Waals surface area contributed by atoms with Gasteiger partial charge >= 0.3 is 5.97 Å². The minimum Gasteiger partial charge on any atom is -0.475 e. The van der Waals surface area contributed by atoms with Crippen LogP contribution in [-0.2, 0) is 9.47 Å². The Morgan fingerprint density at radius 3 is 2.58 bits per heavy atom. The second-order valence-corrected chi connectivity index (χ2v) is 7.22. The molecule has 0 atom stereocenters. The third-order valence-electron chi connectivity index (χ3n) is 3.15. The predicted octanol–water partition coefficient (Wildman–Crippen LogP) is 3.38. The zero-order chi connectivity index (χ0) is 19.2. The molecule has 0 saturated heterocycles. The monoisotopic (exact) mass is 378 g/mol. The number of thiophene rings is 1. The van der Waals surface area contributed by atoms with Gasteiger partial charge in [-0.2, -0.15) is 0 Å². The van der Waals surface area contributed by atoms with Crippen LogP contribution < -0.4 is 10.1 Å². The Bertz CT molecular complexity index is 750. The molecule has 0 bridgehead atoms. The molecule has 0 aliphatic carbocycles. The maximum atomic E-state index is 12.3. The lowest BCUT2D eigenvalue weighted by molar-refractivity contribution is -0.0168. The van der Waals surface area contributed by atoms with Crippen LogP contribution in [0.2, 0.25) is 0 Å². The van der Waals surface area contributed by atoms with Gasteiger partial charge in [0.25, 0.3) is 5.91 Å². The molecule has 1 N–H and O–H groups in total. The average molecular weight is 378 g/mol. The van der Waals surface area contributed by atoms with Gasteiger partial charge in [0.05, 0.1) is 30.6 Å². The Morgan fingerprint density at radius 1 is 1.19 bits per heavy atom. The smallest absolute Gasteiger partial charge is 0.350 e. The number of esters is 1. The van der Waals surface area contributed by atoms with Gasteiger partial charge < -0.3 is 19.5 Å². The highest BCUT2D eigenvalue weighted by atomic mass is 32.1. The van der Waals surface area contributed by atoms with Crippen molar-refractivity contribution < 1.29 is 23.8 Å². The molecule has 0 aromatic carbocycles. The molecule has 0 aliphatic heterocycles. The summed E-state index contributed by atoms with van der Waals surface area (Å²) in [7, 11) is 1.29. The summed E-state index contributed by atoms with van der Waals surface area (Å²) < 4.78 is 15.7. The molecule has 140 valence electrons. The highest BCUT2D eigenvalue weighted by molar-refractivity contribution is 7.12. The molecule has 0 fully saturated rings. The van der Waals surface area contributed by atoms with E-state index in [0.717, 1.165) is 0 Å². The number of rotatable bonds is 7. The first-order valence-electron chi connectivity index (χ1n) is 8.00. The van der Waals surface area contributed by atoms with Crippen LogP contribution in [0.1, 0.15) is 40.8 Å². The molecule has 0 saturated carbocycles. The largest absolute Gasteiger partial charge is 0.475 e. The average Bonchev–Trinajstić information content (AvgIpc) is 3.06. The molecule has 7 nitrogen and oxygen atoms in total. The number of anilines is 1. The third kappa shape index (κ3) is 5.82. The number of methoxy groups -OCH3 is 1. The summed E-state index contributed by atoms with van der Waals surface area (Å²) >= 11 is 1.20. The number of aromatic nitrogens is 1. The van der Waals surface area contributed by atoms with Crippen molar-refractivity contribution in [3.8, 4) is 5.88 Å². The van der Waals surface area contributed by atoms with E-state index in [4.69, 9.17) is 9.47 Å². The van der Waals surface area contributed by atoms with Crippen molar-refractivity contribution in [3.63, 3.8) is 0 Å². The Kier molecular flexibility index (Phi) is 6.70. The minimum absolute atomic E-state index is 0.219. The van der Waals surface area contributed by atoms with E-state index in [2.05, 4.69) is 15.0 Å².